The highest BCUT2D eigenvalue weighted by Gasteiger charge is 2.66. The zero-order valence-electron chi connectivity index (χ0n) is 53.0. The number of benzene rings is 3. The van der Waals surface area contributed by atoms with Crippen molar-refractivity contribution in [3.8, 4) is 0 Å². The maximum Gasteiger partial charge on any atom is 0.328 e. The number of anilines is 3. The van der Waals surface area contributed by atoms with Crippen molar-refractivity contribution in [3.63, 3.8) is 0 Å². The van der Waals surface area contributed by atoms with Crippen LogP contribution in [0.5, 0.6) is 0 Å². The average molecular weight is 1300 g/mol. The molecular weight excluding hydrogens is 1230 g/mol. The third-order valence-corrected chi connectivity index (χ3v) is 19.1. The molecule has 3 spiro atoms. The Morgan fingerprint density at radius 2 is 0.946 bits per heavy atom. The number of barbiturate groups is 3. The van der Waals surface area contributed by atoms with Gasteiger partial charge in [0.2, 0.25) is 35.4 Å². The van der Waals surface area contributed by atoms with Gasteiger partial charge in [-0.05, 0) is 135 Å². The van der Waals surface area contributed by atoms with E-state index in [1.54, 1.807) is 31.9 Å². The number of hydrogen-bond acceptors (Lipinski definition) is 20. The number of amides is 12. The average Bonchev–Trinajstić information content (AvgIpc) is 0.721. The maximum atomic E-state index is 15.3. The number of halogens is 4. The third kappa shape index (κ3) is 11.5. The van der Waals surface area contributed by atoms with Gasteiger partial charge in [-0.25, -0.2) is 31.9 Å². The summed E-state index contributed by atoms with van der Waals surface area (Å²) < 4.78 is 77.6. The Kier molecular flexibility index (Phi) is 18.1. The number of imide groups is 6. The SMILES string of the molecule is CC(=O)c1cc2c(c(F)c1F)N1C[C@@H](CN(C)C)O[C@@H](C)[C@@H]1C1(C2)C(=O)NC(=O)NC1=O.CC(=O)c1cc2c(cc1F)N1C[C@@H](CN(C)C)O[C@@H](C)[C@@H]1C1(C2)C(=O)NC(=O)NC1=O.COC[C@H]1C[C@@H](C)[C@H]2N(C1)c1c(F)cc(C(C)=O)cc1CC21C(=O)NC(=O)NC1=O. The van der Waals surface area contributed by atoms with Crippen molar-refractivity contribution >= 4 is 87.9 Å². The number of ether oxygens (including phenoxy) is 3. The number of piperidine rings is 1. The molecule has 26 nitrogen and oxygen atoms in total. The van der Waals surface area contributed by atoms with E-state index >= 15 is 8.78 Å². The van der Waals surface area contributed by atoms with Crippen LogP contribution in [0.25, 0.3) is 0 Å². The number of likely N-dealkylation sites (N-methyl/N-ethyl adjacent to an activating group) is 2. The maximum absolute atomic E-state index is 15.3. The molecule has 0 aromatic heterocycles. The summed E-state index contributed by atoms with van der Waals surface area (Å²) in [5, 5.41) is 13.1. The van der Waals surface area contributed by atoms with E-state index in [0.29, 0.717) is 61.7 Å². The van der Waals surface area contributed by atoms with Crippen molar-refractivity contribution in [1.29, 1.82) is 0 Å². The van der Waals surface area contributed by atoms with Gasteiger partial charge in [-0.15, -0.1) is 0 Å². The number of nitrogens with one attached hydrogen (secondary N) is 6. The Bertz CT molecular complexity index is 3690. The van der Waals surface area contributed by atoms with Gasteiger partial charge in [-0.3, -0.25) is 75.1 Å². The summed E-state index contributed by atoms with van der Waals surface area (Å²) >= 11 is 0. The summed E-state index contributed by atoms with van der Waals surface area (Å²) in [7, 11) is 9.06. The lowest BCUT2D eigenvalue weighted by Crippen LogP contribution is -2.75. The monoisotopic (exact) mass is 1300 g/mol. The van der Waals surface area contributed by atoms with Crippen LogP contribution in [0.2, 0.25) is 0 Å². The molecule has 0 aliphatic carbocycles. The van der Waals surface area contributed by atoms with Crippen LogP contribution < -0.4 is 46.6 Å². The van der Waals surface area contributed by atoms with Gasteiger partial charge in [0.05, 0.1) is 71.6 Å². The molecular formula is C63H73F4N11O15. The Morgan fingerprint density at radius 3 is 1.40 bits per heavy atom. The Hall–Kier alpha value is -8.58. The highest BCUT2D eigenvalue weighted by atomic mass is 19.2. The lowest BCUT2D eigenvalue weighted by molar-refractivity contribution is -0.155. The molecule has 6 saturated heterocycles. The highest BCUT2D eigenvalue weighted by Crippen LogP contribution is 2.53. The third-order valence-electron chi connectivity index (χ3n) is 19.1. The summed E-state index contributed by atoms with van der Waals surface area (Å²) in [4.78, 5) is 159. The second kappa shape index (κ2) is 25.0. The molecule has 30 heteroatoms. The van der Waals surface area contributed by atoms with Crippen molar-refractivity contribution in [2.75, 3.05) is 89.3 Å². The van der Waals surface area contributed by atoms with E-state index in [2.05, 4.69) is 31.9 Å². The second-order valence-electron chi connectivity index (χ2n) is 26.1. The standard InChI is InChI=1S/C21H24F2N4O5.C21H25FN4O5.C21H24FN3O5/c1-9(28)13-5-11-6-21(18(29)24-20(31)25-19(21)30)17-10(2)32-12(7-26(3)4)8-27(17)16(11)15(23)14(13)22;1-10(27)14-5-12-7-21(18(28)23-20(30)24-19(21)29)17-11(2)31-13(8-25(3)4)9-26(17)16(12)6-15(14)22;1-10-4-12(9-30-3)8-25-16-14(5-13(11(2)26)6-15(16)22)7-21(17(10)25)18(27)23-20(29)24-19(21)28/h5,10,12,17H,6-8H2,1-4H3,(H2,24,25,29,30,31);5-6,11,13,17H,7-9H2,1-4H3,(H2,23,24,28,29,30);5-6,10,12,17H,4,7-9H2,1-3H3,(H2,23,24,27,28,29)/t10-,12+,17+;11-,13+,17+;10-,12+,17-/m001/s1. The zero-order valence-corrected chi connectivity index (χ0v) is 53.0. The van der Waals surface area contributed by atoms with Gasteiger partial charge >= 0.3 is 18.1 Å². The number of fused-ring (bicyclic) bond motifs is 12. The number of methoxy groups -OCH3 is 1. The normalized spacial score (nSPS) is 26.9. The first-order valence-corrected chi connectivity index (χ1v) is 30.3. The van der Waals surface area contributed by atoms with E-state index in [4.69, 9.17) is 14.2 Å². The van der Waals surface area contributed by atoms with Gasteiger partial charge in [-0.1, -0.05) is 6.92 Å². The lowest BCUT2D eigenvalue weighted by Gasteiger charge is -2.56. The first-order valence-electron chi connectivity index (χ1n) is 30.3. The summed E-state index contributed by atoms with van der Waals surface area (Å²) in [6.45, 7) is 11.3. The molecule has 9 aliphatic heterocycles. The minimum atomic E-state index is -1.83. The van der Waals surface area contributed by atoms with Crippen molar-refractivity contribution < 1.29 is 89.3 Å². The zero-order chi connectivity index (χ0) is 68.0. The quantitative estimate of drug-likeness (QED) is 0.102. The minimum Gasteiger partial charge on any atom is -0.384 e. The second-order valence-corrected chi connectivity index (χ2v) is 26.1. The summed E-state index contributed by atoms with van der Waals surface area (Å²) in [6.07, 6.45) is -1.78. The van der Waals surface area contributed by atoms with Gasteiger partial charge in [0.25, 0.3) is 0 Å². The fourth-order valence-corrected chi connectivity index (χ4v) is 15.8. The van der Waals surface area contributed by atoms with Crippen LogP contribution in [-0.2, 0) is 62.2 Å². The van der Waals surface area contributed by atoms with E-state index in [-0.39, 0.29) is 71.9 Å². The molecule has 0 radical (unpaired) electrons. The van der Waals surface area contributed by atoms with E-state index in [0.717, 1.165) is 6.92 Å². The number of Topliss-reactive ketones (excluding diaryl/α,β-unsaturated/α-hetero) is 3. The highest BCUT2D eigenvalue weighted by molar-refractivity contribution is 6.22. The molecule has 12 amide bonds. The number of nitrogens with zero attached hydrogens (tertiary/aromatic N) is 5. The van der Waals surface area contributed by atoms with Gasteiger partial charge in [0.1, 0.15) is 11.6 Å². The van der Waals surface area contributed by atoms with Crippen LogP contribution in [0.4, 0.5) is 49.0 Å². The predicted octanol–water partition coefficient (Wildman–Crippen LogP) is 2.47. The Balaban J connectivity index is 0.000000153. The molecule has 0 saturated carbocycles. The smallest absolute Gasteiger partial charge is 0.328 e. The van der Waals surface area contributed by atoms with Crippen LogP contribution in [0.1, 0.15) is 95.7 Å². The molecule has 3 aromatic rings. The van der Waals surface area contributed by atoms with E-state index in [1.165, 1.54) is 43.0 Å². The number of carbonyl (C=O) groups is 12. The Labute approximate surface area is 531 Å². The van der Waals surface area contributed by atoms with Crippen molar-refractivity contribution in [3.05, 3.63) is 87.0 Å². The van der Waals surface area contributed by atoms with E-state index in [1.807, 2.05) is 49.8 Å². The fraction of sp³-hybridized carbons (Fsp3) is 0.524. The number of carbonyl (C=O) groups excluding carboxylic acids is 12. The van der Waals surface area contributed by atoms with Crippen LogP contribution in [0.3, 0.4) is 0 Å². The number of urea groups is 3. The number of rotatable bonds is 9. The first-order chi connectivity index (χ1) is 43.7. The molecule has 6 N–H and O–H groups in total. The number of morpholine rings is 2. The van der Waals surface area contributed by atoms with Crippen LogP contribution in [0.15, 0.2) is 30.3 Å². The molecule has 9 aliphatic rings. The van der Waals surface area contributed by atoms with E-state index in [9.17, 15) is 66.3 Å². The van der Waals surface area contributed by atoms with Crippen LogP contribution in [0, 0.1) is 51.3 Å². The summed E-state index contributed by atoms with van der Waals surface area (Å²) in [6, 6.07) is 1.54. The molecule has 9 heterocycles. The molecule has 6 fully saturated rings. The van der Waals surface area contributed by atoms with Gasteiger partial charge in [0, 0.05) is 63.4 Å². The van der Waals surface area contributed by atoms with E-state index < -0.39 is 147 Å². The summed E-state index contributed by atoms with van der Waals surface area (Å²) in [5.74, 6) is -9.75. The van der Waals surface area contributed by atoms with Crippen LogP contribution >= 0.6 is 0 Å². The van der Waals surface area contributed by atoms with Gasteiger partial charge in [0.15, 0.2) is 45.2 Å². The molecule has 0 bridgehead atoms. The van der Waals surface area contributed by atoms with Crippen LogP contribution in [-0.4, -0.2) is 198 Å². The number of ketones is 3. The van der Waals surface area contributed by atoms with Crippen molar-refractivity contribution in [2.24, 2.45) is 28.1 Å². The minimum absolute atomic E-state index is 0.0756. The van der Waals surface area contributed by atoms with Gasteiger partial charge in [-0.2, -0.15) is 0 Å². The molecule has 3 aromatic carbocycles. The first kappa shape index (κ1) is 67.3. The Morgan fingerprint density at radius 1 is 0.527 bits per heavy atom. The molecule has 12 rings (SSSR count). The number of hydrogen-bond donors (Lipinski definition) is 6. The molecule has 0 unspecified atom stereocenters. The van der Waals surface area contributed by atoms with Crippen molar-refractivity contribution in [2.45, 2.75) is 110 Å². The largest absolute Gasteiger partial charge is 0.384 e. The van der Waals surface area contributed by atoms with Gasteiger partial charge < -0.3 is 38.7 Å². The molecule has 498 valence electrons. The predicted molar refractivity (Wildman–Crippen MR) is 321 cm³/mol. The fourth-order valence-electron chi connectivity index (χ4n) is 15.8. The molecule has 93 heavy (non-hydrogen) atoms. The topological polar surface area (TPSA) is 321 Å². The summed E-state index contributed by atoms with van der Waals surface area (Å²) in [5.41, 5.74) is -3.71. The lowest BCUT2D eigenvalue weighted by atomic mass is 9.62. The molecule has 9 atom stereocenters. The van der Waals surface area contributed by atoms with Crippen molar-refractivity contribution in [1.82, 2.24) is 41.7 Å².